The number of nitrogens with zero attached hydrogens (tertiary/aromatic N) is 2. The van der Waals surface area contributed by atoms with Gasteiger partial charge in [-0.25, -0.2) is 4.98 Å². The zero-order valence-electron chi connectivity index (χ0n) is 11.6. The van der Waals surface area contributed by atoms with Gasteiger partial charge in [-0.15, -0.1) is 11.6 Å². The molecule has 1 aromatic heterocycles. The highest BCUT2D eigenvalue weighted by Gasteiger charge is 2.15. The van der Waals surface area contributed by atoms with Gasteiger partial charge in [-0.05, 0) is 37.0 Å². The van der Waals surface area contributed by atoms with E-state index in [1.807, 2.05) is 18.2 Å². The third-order valence-corrected chi connectivity index (χ3v) is 4.85. The van der Waals surface area contributed by atoms with Gasteiger partial charge < -0.3 is 4.57 Å². The molecule has 0 unspecified atom stereocenters. The van der Waals surface area contributed by atoms with E-state index in [4.69, 9.17) is 23.2 Å². The summed E-state index contributed by atoms with van der Waals surface area (Å²) in [5.41, 5.74) is 2.10. The molecule has 3 rings (SSSR count). The quantitative estimate of drug-likeness (QED) is 0.676. The van der Waals surface area contributed by atoms with Crippen molar-refractivity contribution in [3.05, 3.63) is 29.0 Å². The molecule has 2 nitrogen and oxygen atoms in total. The number of rotatable bonds is 5. The van der Waals surface area contributed by atoms with Crippen LogP contribution in [0.25, 0.3) is 11.0 Å². The lowest BCUT2D eigenvalue weighted by Crippen LogP contribution is -2.04. The van der Waals surface area contributed by atoms with Crippen LogP contribution in [0.4, 0.5) is 0 Å². The van der Waals surface area contributed by atoms with E-state index in [0.29, 0.717) is 5.88 Å². The first-order valence-corrected chi connectivity index (χ1v) is 8.40. The van der Waals surface area contributed by atoms with E-state index in [9.17, 15) is 0 Å². The zero-order chi connectivity index (χ0) is 13.9. The minimum Gasteiger partial charge on any atom is -0.327 e. The molecule has 108 valence electrons. The Kier molecular flexibility index (Phi) is 4.52. The Morgan fingerprint density at radius 2 is 2.05 bits per heavy atom. The van der Waals surface area contributed by atoms with Gasteiger partial charge in [0.05, 0.1) is 16.9 Å². The van der Waals surface area contributed by atoms with Gasteiger partial charge >= 0.3 is 0 Å². The summed E-state index contributed by atoms with van der Waals surface area (Å²) in [5.74, 6) is 2.35. The van der Waals surface area contributed by atoms with Gasteiger partial charge in [0.1, 0.15) is 5.82 Å². The van der Waals surface area contributed by atoms with Gasteiger partial charge in [-0.1, -0.05) is 37.3 Å². The van der Waals surface area contributed by atoms with Crippen molar-refractivity contribution in [2.75, 3.05) is 0 Å². The molecule has 0 N–H and O–H groups in total. The molecule has 1 aliphatic rings. The van der Waals surface area contributed by atoms with Crippen LogP contribution in [0.15, 0.2) is 18.2 Å². The van der Waals surface area contributed by atoms with Crippen molar-refractivity contribution in [3.63, 3.8) is 0 Å². The van der Waals surface area contributed by atoms with Crippen molar-refractivity contribution in [3.8, 4) is 0 Å². The molecule has 0 amide bonds. The summed E-state index contributed by atoms with van der Waals surface area (Å²) >= 11 is 12.1. The highest BCUT2D eigenvalue weighted by atomic mass is 35.5. The topological polar surface area (TPSA) is 17.8 Å². The van der Waals surface area contributed by atoms with E-state index in [2.05, 4.69) is 9.55 Å². The largest absolute Gasteiger partial charge is 0.327 e. The summed E-state index contributed by atoms with van der Waals surface area (Å²) in [6, 6.07) is 5.86. The number of hydrogen-bond acceptors (Lipinski definition) is 1. The van der Waals surface area contributed by atoms with Crippen LogP contribution in [0, 0.1) is 5.92 Å². The molecule has 1 saturated carbocycles. The van der Waals surface area contributed by atoms with Crippen LogP contribution in [0.1, 0.15) is 44.3 Å². The highest BCUT2D eigenvalue weighted by molar-refractivity contribution is 6.31. The smallest absolute Gasteiger partial charge is 0.124 e. The highest BCUT2D eigenvalue weighted by Crippen LogP contribution is 2.29. The fraction of sp³-hybridized carbons (Fsp3) is 0.562. The van der Waals surface area contributed by atoms with Gasteiger partial charge in [-0.3, -0.25) is 0 Å². The Labute approximate surface area is 130 Å². The van der Waals surface area contributed by atoms with E-state index in [1.54, 1.807) is 0 Å². The van der Waals surface area contributed by atoms with Crippen LogP contribution in [0.5, 0.6) is 0 Å². The molecule has 1 aromatic carbocycles. The summed E-state index contributed by atoms with van der Waals surface area (Å²) in [5, 5.41) is 0.760. The first-order valence-electron chi connectivity index (χ1n) is 7.48. The van der Waals surface area contributed by atoms with E-state index in [-0.39, 0.29) is 0 Å². The third kappa shape index (κ3) is 2.96. The Bertz CT molecular complexity index is 585. The van der Waals surface area contributed by atoms with Gasteiger partial charge in [0, 0.05) is 11.6 Å². The maximum absolute atomic E-state index is 6.11. The Morgan fingerprint density at radius 1 is 1.25 bits per heavy atom. The molecule has 4 heteroatoms. The van der Waals surface area contributed by atoms with Crippen LogP contribution in [-0.2, 0) is 12.4 Å². The van der Waals surface area contributed by atoms with Crippen molar-refractivity contribution in [1.29, 1.82) is 0 Å². The van der Waals surface area contributed by atoms with Gasteiger partial charge in [0.25, 0.3) is 0 Å². The molecular weight excluding hydrogens is 291 g/mol. The predicted octanol–water partition coefficient (Wildman–Crippen LogP) is 5.40. The lowest BCUT2D eigenvalue weighted by Gasteiger charge is -2.11. The number of alkyl halides is 1. The molecule has 1 heterocycles. The molecule has 1 fully saturated rings. The summed E-state index contributed by atoms with van der Waals surface area (Å²) in [6.45, 7) is 0.995. The molecule has 0 aliphatic heterocycles. The van der Waals surface area contributed by atoms with Crippen LogP contribution in [0.3, 0.4) is 0 Å². The number of imidazole rings is 1. The zero-order valence-corrected chi connectivity index (χ0v) is 13.1. The van der Waals surface area contributed by atoms with Crippen molar-refractivity contribution in [2.45, 2.75) is 50.9 Å². The molecular formula is C16H20Cl2N2. The minimum atomic E-state index is 0.454. The predicted molar refractivity (Wildman–Crippen MR) is 85.5 cm³/mol. The number of hydrogen-bond donors (Lipinski definition) is 0. The van der Waals surface area contributed by atoms with Gasteiger partial charge in [-0.2, -0.15) is 0 Å². The Balaban J connectivity index is 1.76. The summed E-state index contributed by atoms with van der Waals surface area (Å²) in [4.78, 5) is 4.60. The molecule has 2 aromatic rings. The lowest BCUT2D eigenvalue weighted by molar-refractivity contribution is 0.459. The summed E-state index contributed by atoms with van der Waals surface area (Å²) < 4.78 is 2.24. The molecule has 0 bridgehead atoms. The summed E-state index contributed by atoms with van der Waals surface area (Å²) in [7, 11) is 0. The van der Waals surface area contributed by atoms with Crippen LogP contribution >= 0.6 is 23.2 Å². The van der Waals surface area contributed by atoms with Crippen molar-refractivity contribution in [2.24, 2.45) is 5.92 Å². The third-order valence-electron chi connectivity index (χ3n) is 4.38. The monoisotopic (exact) mass is 310 g/mol. The maximum Gasteiger partial charge on any atom is 0.124 e. The fourth-order valence-electron chi connectivity index (χ4n) is 3.33. The van der Waals surface area contributed by atoms with Crippen molar-refractivity contribution >= 4 is 34.2 Å². The van der Waals surface area contributed by atoms with Crippen molar-refractivity contribution in [1.82, 2.24) is 9.55 Å². The standard InChI is InChI=1S/C16H20Cl2N2/c17-11-16-19-14-8-7-13(18)10-15(14)20(16)9-3-6-12-4-1-2-5-12/h7-8,10,12H,1-6,9,11H2. The van der Waals surface area contributed by atoms with E-state index in [0.717, 1.165) is 34.3 Å². The van der Waals surface area contributed by atoms with Gasteiger partial charge in [0.2, 0.25) is 0 Å². The Hall–Kier alpha value is -0.730. The first kappa shape index (κ1) is 14.2. The molecule has 0 atom stereocenters. The number of aromatic nitrogens is 2. The number of aryl methyl sites for hydroxylation is 1. The SMILES string of the molecule is ClCc1nc2ccc(Cl)cc2n1CCCC1CCCC1. The van der Waals surface area contributed by atoms with E-state index < -0.39 is 0 Å². The van der Waals surface area contributed by atoms with E-state index >= 15 is 0 Å². The van der Waals surface area contributed by atoms with E-state index in [1.165, 1.54) is 38.5 Å². The van der Waals surface area contributed by atoms with Crippen LogP contribution < -0.4 is 0 Å². The van der Waals surface area contributed by atoms with Crippen LogP contribution in [0.2, 0.25) is 5.02 Å². The molecule has 20 heavy (non-hydrogen) atoms. The number of benzene rings is 1. The second-order valence-electron chi connectivity index (χ2n) is 5.74. The normalized spacial score (nSPS) is 16.3. The van der Waals surface area contributed by atoms with Crippen molar-refractivity contribution < 1.29 is 0 Å². The molecule has 1 aliphatic carbocycles. The van der Waals surface area contributed by atoms with Crippen LogP contribution in [-0.4, -0.2) is 9.55 Å². The first-order chi connectivity index (χ1) is 9.78. The van der Waals surface area contributed by atoms with Gasteiger partial charge in [0.15, 0.2) is 0 Å². The fourth-order valence-corrected chi connectivity index (χ4v) is 3.70. The number of fused-ring (bicyclic) bond motifs is 1. The molecule has 0 radical (unpaired) electrons. The molecule has 0 saturated heterocycles. The average Bonchev–Trinajstić information content (AvgIpc) is 3.07. The Morgan fingerprint density at radius 3 is 2.80 bits per heavy atom. The molecule has 0 spiro atoms. The average molecular weight is 311 g/mol. The minimum absolute atomic E-state index is 0.454. The summed E-state index contributed by atoms with van der Waals surface area (Å²) in [6.07, 6.45) is 8.19. The lowest BCUT2D eigenvalue weighted by atomic mass is 10.0. The second kappa shape index (κ2) is 6.36. The number of halogens is 2. The maximum atomic E-state index is 6.11. The second-order valence-corrected chi connectivity index (χ2v) is 6.44.